The molecule has 0 saturated carbocycles. The molecular weight excluding hydrogens is 424 g/mol. The second-order valence-electron chi connectivity index (χ2n) is 7.52. The van der Waals surface area contributed by atoms with Crippen molar-refractivity contribution in [1.29, 1.82) is 0 Å². The number of esters is 1. The molecule has 2 heterocycles. The minimum absolute atomic E-state index is 0.0906. The average Bonchev–Trinajstić information content (AvgIpc) is 2.92. The fourth-order valence-electron chi connectivity index (χ4n) is 2.85. The molecule has 2 aromatic heterocycles. The molecule has 146 valence electrons. The van der Waals surface area contributed by atoms with Crippen LogP contribution in [0.3, 0.4) is 0 Å². The van der Waals surface area contributed by atoms with Crippen molar-refractivity contribution in [3.8, 4) is 11.1 Å². The lowest BCUT2D eigenvalue weighted by Gasteiger charge is -2.19. The summed E-state index contributed by atoms with van der Waals surface area (Å²) in [6, 6.07) is 3.76. The maximum absolute atomic E-state index is 12.3. The van der Waals surface area contributed by atoms with Gasteiger partial charge in [0.1, 0.15) is 23.7 Å². The Bertz CT molecular complexity index is 1070. The number of Topliss-reactive ketones (excluding diaryl/α,β-unsaturated/α-hetero) is 1. The van der Waals surface area contributed by atoms with Gasteiger partial charge in [0.15, 0.2) is 5.78 Å². The van der Waals surface area contributed by atoms with Gasteiger partial charge in [-0.2, -0.15) is 5.10 Å². The largest absolute Gasteiger partial charge is 0.459 e. The van der Waals surface area contributed by atoms with Crippen LogP contribution in [0, 0.1) is 6.92 Å². The van der Waals surface area contributed by atoms with E-state index in [0.717, 1.165) is 11.1 Å². The number of carbonyl (C=O) groups excluding carboxylic acids is 2. The van der Waals surface area contributed by atoms with Crippen LogP contribution in [-0.2, 0) is 16.1 Å². The quantitative estimate of drug-likeness (QED) is 0.444. The highest BCUT2D eigenvalue weighted by atomic mass is 79.9. The van der Waals surface area contributed by atoms with Crippen LogP contribution in [0.2, 0.25) is 0 Å². The predicted molar refractivity (Wildman–Crippen MR) is 109 cm³/mol. The Hall–Kier alpha value is -2.61. The molecule has 8 heteroatoms. The minimum Gasteiger partial charge on any atom is -0.459 e. The Balaban J connectivity index is 2.11. The Morgan fingerprint density at radius 2 is 1.79 bits per heavy atom. The summed E-state index contributed by atoms with van der Waals surface area (Å²) in [5.41, 5.74) is 2.03. The zero-order chi connectivity index (χ0) is 20.6. The molecule has 3 rings (SSSR count). The van der Waals surface area contributed by atoms with E-state index >= 15 is 0 Å². The van der Waals surface area contributed by atoms with Gasteiger partial charge in [-0.05, 0) is 61.3 Å². The van der Waals surface area contributed by atoms with E-state index in [4.69, 9.17) is 4.74 Å². The maximum Gasteiger partial charge on any atom is 0.328 e. The number of rotatable bonds is 4. The monoisotopic (exact) mass is 444 g/mol. The van der Waals surface area contributed by atoms with E-state index in [0.29, 0.717) is 26.9 Å². The summed E-state index contributed by atoms with van der Waals surface area (Å²) in [5.74, 6) is 0.0746. The summed E-state index contributed by atoms with van der Waals surface area (Å²) in [7, 11) is 0. The number of carbonyl (C=O) groups is 2. The van der Waals surface area contributed by atoms with Crippen LogP contribution >= 0.6 is 15.9 Å². The molecule has 0 unspecified atom stereocenters. The fourth-order valence-corrected chi connectivity index (χ4v) is 3.51. The van der Waals surface area contributed by atoms with Gasteiger partial charge in [0.2, 0.25) is 0 Å². The van der Waals surface area contributed by atoms with Crippen molar-refractivity contribution in [1.82, 2.24) is 19.7 Å². The van der Waals surface area contributed by atoms with E-state index in [9.17, 15) is 9.59 Å². The summed E-state index contributed by atoms with van der Waals surface area (Å²) in [5, 5.41) is 5.03. The molecule has 28 heavy (non-hydrogen) atoms. The zero-order valence-corrected chi connectivity index (χ0v) is 18.0. The third-order valence-electron chi connectivity index (χ3n) is 3.94. The second kappa shape index (κ2) is 7.43. The molecule has 0 radical (unpaired) electrons. The fraction of sp³-hybridized carbons (Fsp3) is 0.350. The number of fused-ring (bicyclic) bond motifs is 1. The highest BCUT2D eigenvalue weighted by Crippen LogP contribution is 2.33. The third-order valence-corrected chi connectivity index (χ3v) is 4.55. The number of ether oxygens (including phenoxy) is 1. The molecule has 0 aliphatic rings. The molecule has 0 N–H and O–H groups in total. The highest BCUT2D eigenvalue weighted by molar-refractivity contribution is 9.10. The van der Waals surface area contributed by atoms with Gasteiger partial charge in [-0.25, -0.2) is 9.97 Å². The smallest absolute Gasteiger partial charge is 0.328 e. The van der Waals surface area contributed by atoms with Gasteiger partial charge in [0.05, 0.1) is 5.52 Å². The van der Waals surface area contributed by atoms with E-state index in [1.165, 1.54) is 11.6 Å². The zero-order valence-electron chi connectivity index (χ0n) is 16.4. The SMILES string of the molecule is CC(=O)c1nn(CC(=O)OC(C)(C)C)c2c(Br)cc(-c3cnc(C)nc3)cc12. The lowest BCUT2D eigenvalue weighted by atomic mass is 10.0. The Kier molecular flexibility index (Phi) is 5.34. The number of aromatic nitrogens is 4. The van der Waals surface area contributed by atoms with E-state index in [-0.39, 0.29) is 12.3 Å². The number of nitrogens with zero attached hydrogens (tertiary/aromatic N) is 4. The van der Waals surface area contributed by atoms with E-state index in [2.05, 4.69) is 31.0 Å². The van der Waals surface area contributed by atoms with E-state index in [1.54, 1.807) is 33.2 Å². The van der Waals surface area contributed by atoms with Crippen molar-refractivity contribution >= 4 is 38.6 Å². The molecule has 0 fully saturated rings. The highest BCUT2D eigenvalue weighted by Gasteiger charge is 2.22. The Morgan fingerprint density at radius 3 is 2.36 bits per heavy atom. The van der Waals surface area contributed by atoms with Crippen LogP contribution < -0.4 is 0 Å². The predicted octanol–water partition coefficient (Wildman–Crippen LogP) is 4.11. The summed E-state index contributed by atoms with van der Waals surface area (Å²) in [6.07, 6.45) is 3.46. The molecule has 0 aliphatic carbocycles. The summed E-state index contributed by atoms with van der Waals surface area (Å²) in [6.45, 7) is 8.59. The Morgan fingerprint density at radius 1 is 1.14 bits per heavy atom. The number of hydrogen-bond donors (Lipinski definition) is 0. The first-order valence-electron chi connectivity index (χ1n) is 8.77. The Labute approximate surface area is 171 Å². The van der Waals surface area contributed by atoms with Crippen LogP contribution in [0.15, 0.2) is 29.0 Å². The van der Waals surface area contributed by atoms with Crippen molar-refractivity contribution in [3.63, 3.8) is 0 Å². The van der Waals surface area contributed by atoms with Crippen LogP contribution in [-0.4, -0.2) is 37.1 Å². The number of benzene rings is 1. The summed E-state index contributed by atoms with van der Waals surface area (Å²) in [4.78, 5) is 32.9. The first kappa shape index (κ1) is 20.1. The lowest BCUT2D eigenvalue weighted by molar-refractivity contribution is -0.155. The number of ketones is 1. The molecular formula is C20H21BrN4O3. The summed E-state index contributed by atoms with van der Waals surface area (Å²) >= 11 is 3.56. The first-order chi connectivity index (χ1) is 13.0. The molecule has 7 nitrogen and oxygen atoms in total. The average molecular weight is 445 g/mol. The number of aryl methyl sites for hydroxylation is 1. The van der Waals surface area contributed by atoms with Gasteiger partial charge in [-0.3, -0.25) is 14.3 Å². The first-order valence-corrected chi connectivity index (χ1v) is 9.56. The van der Waals surface area contributed by atoms with Gasteiger partial charge in [0, 0.05) is 34.7 Å². The van der Waals surface area contributed by atoms with Crippen LogP contribution in [0.5, 0.6) is 0 Å². The lowest BCUT2D eigenvalue weighted by Crippen LogP contribution is -2.26. The second-order valence-corrected chi connectivity index (χ2v) is 8.38. The summed E-state index contributed by atoms with van der Waals surface area (Å²) < 4.78 is 7.60. The van der Waals surface area contributed by atoms with Crippen molar-refractivity contribution in [3.05, 3.63) is 40.5 Å². The van der Waals surface area contributed by atoms with Crippen LogP contribution in [0.4, 0.5) is 0 Å². The normalized spacial score (nSPS) is 11.6. The maximum atomic E-state index is 12.3. The minimum atomic E-state index is -0.598. The number of halogens is 1. The molecule has 0 amide bonds. The van der Waals surface area contributed by atoms with E-state index in [1.807, 2.05) is 19.1 Å². The standard InChI is InChI=1S/C20H21BrN4O3/c1-11(26)18-15-6-13(14-8-22-12(2)23-9-14)7-16(21)19(15)25(24-18)10-17(27)28-20(3,4)5/h6-9H,10H2,1-5H3. The molecule has 0 atom stereocenters. The van der Waals surface area contributed by atoms with Crippen LogP contribution in [0.25, 0.3) is 22.0 Å². The molecule has 0 saturated heterocycles. The van der Waals surface area contributed by atoms with Gasteiger partial charge in [-0.15, -0.1) is 0 Å². The molecule has 3 aromatic rings. The van der Waals surface area contributed by atoms with Crippen LogP contribution in [0.1, 0.15) is 44.0 Å². The van der Waals surface area contributed by atoms with Crippen molar-refractivity contribution in [2.75, 3.05) is 0 Å². The topological polar surface area (TPSA) is 87.0 Å². The van der Waals surface area contributed by atoms with Crippen molar-refractivity contribution in [2.45, 2.75) is 46.8 Å². The van der Waals surface area contributed by atoms with E-state index < -0.39 is 11.6 Å². The van der Waals surface area contributed by atoms with Crippen molar-refractivity contribution in [2.24, 2.45) is 0 Å². The van der Waals surface area contributed by atoms with Gasteiger partial charge < -0.3 is 4.74 Å². The molecule has 0 bridgehead atoms. The van der Waals surface area contributed by atoms with Gasteiger partial charge in [-0.1, -0.05) is 0 Å². The van der Waals surface area contributed by atoms with Gasteiger partial charge >= 0.3 is 5.97 Å². The molecule has 0 spiro atoms. The third kappa shape index (κ3) is 4.27. The molecule has 1 aromatic carbocycles. The van der Waals surface area contributed by atoms with Gasteiger partial charge in [0.25, 0.3) is 0 Å². The number of hydrogen-bond acceptors (Lipinski definition) is 6. The molecule has 0 aliphatic heterocycles. The van der Waals surface area contributed by atoms with Crippen molar-refractivity contribution < 1.29 is 14.3 Å².